The summed E-state index contributed by atoms with van der Waals surface area (Å²) in [6.07, 6.45) is 5.05. The summed E-state index contributed by atoms with van der Waals surface area (Å²) in [5, 5.41) is 2.66. The number of aromatic nitrogens is 1. The Morgan fingerprint density at radius 2 is 1.96 bits per heavy atom. The maximum absolute atomic E-state index is 12.8. The predicted octanol–water partition coefficient (Wildman–Crippen LogP) is 2.15. The molecular weight excluding hydrogens is 368 g/mol. The van der Waals surface area contributed by atoms with Crippen molar-refractivity contribution in [2.45, 2.75) is 36.6 Å². The van der Waals surface area contributed by atoms with Crippen LogP contribution in [0.4, 0.5) is 11.5 Å². The number of nitrogen functional groups attached to an aromatic ring is 1. The lowest BCUT2D eigenvalue weighted by Gasteiger charge is -2.15. The van der Waals surface area contributed by atoms with E-state index < -0.39 is 15.9 Å². The molecule has 0 spiro atoms. The summed E-state index contributed by atoms with van der Waals surface area (Å²) in [5.74, 6) is 0.0663. The van der Waals surface area contributed by atoms with Gasteiger partial charge < -0.3 is 15.8 Å². The topological polar surface area (TPSA) is 123 Å². The number of sulfonamides is 1. The van der Waals surface area contributed by atoms with Crippen LogP contribution in [0.25, 0.3) is 0 Å². The van der Waals surface area contributed by atoms with Crippen LogP contribution in [0.15, 0.2) is 41.4 Å². The second-order valence-electron chi connectivity index (χ2n) is 6.39. The van der Waals surface area contributed by atoms with E-state index in [1.807, 2.05) is 0 Å². The van der Waals surface area contributed by atoms with E-state index in [1.165, 1.54) is 31.5 Å². The number of hydrogen-bond donors (Lipinski definition) is 3. The van der Waals surface area contributed by atoms with Gasteiger partial charge in [-0.25, -0.2) is 18.1 Å². The molecule has 4 N–H and O–H groups in total. The Morgan fingerprint density at radius 1 is 1.22 bits per heavy atom. The number of rotatable bonds is 6. The van der Waals surface area contributed by atoms with Gasteiger partial charge in [-0.1, -0.05) is 12.8 Å². The second-order valence-corrected chi connectivity index (χ2v) is 8.08. The Labute approximate surface area is 158 Å². The third kappa shape index (κ3) is 4.55. The summed E-state index contributed by atoms with van der Waals surface area (Å²) < 4.78 is 33.5. The molecule has 2 aromatic rings. The molecule has 0 aliphatic heterocycles. The van der Waals surface area contributed by atoms with Crippen LogP contribution < -0.4 is 20.5 Å². The fraction of sp³-hybridized carbons (Fsp3) is 0.333. The van der Waals surface area contributed by atoms with E-state index in [-0.39, 0.29) is 22.3 Å². The molecule has 0 saturated heterocycles. The van der Waals surface area contributed by atoms with Crippen LogP contribution in [-0.4, -0.2) is 32.5 Å². The molecule has 9 heteroatoms. The normalized spacial score (nSPS) is 14.9. The average molecular weight is 390 g/mol. The van der Waals surface area contributed by atoms with Gasteiger partial charge in [-0.2, -0.15) is 0 Å². The van der Waals surface area contributed by atoms with E-state index in [2.05, 4.69) is 15.0 Å². The van der Waals surface area contributed by atoms with Gasteiger partial charge in [0.25, 0.3) is 5.91 Å². The molecule has 1 aliphatic rings. The smallest absolute Gasteiger partial charge is 0.255 e. The number of ether oxygens (including phenoxy) is 1. The lowest BCUT2D eigenvalue weighted by Crippen LogP contribution is -2.33. The van der Waals surface area contributed by atoms with Crippen molar-refractivity contribution in [3.05, 3.63) is 42.1 Å². The van der Waals surface area contributed by atoms with Gasteiger partial charge in [0.05, 0.1) is 19.0 Å². The number of anilines is 2. The van der Waals surface area contributed by atoms with E-state index >= 15 is 0 Å². The Hall–Kier alpha value is -2.65. The minimum Gasteiger partial charge on any atom is -0.495 e. The molecule has 1 aromatic carbocycles. The van der Waals surface area contributed by atoms with Gasteiger partial charge in [0.1, 0.15) is 16.5 Å². The molecule has 1 heterocycles. The highest BCUT2D eigenvalue weighted by Gasteiger charge is 2.26. The number of methoxy groups -OCH3 is 1. The van der Waals surface area contributed by atoms with E-state index in [1.54, 1.807) is 12.1 Å². The fourth-order valence-corrected chi connectivity index (χ4v) is 4.54. The van der Waals surface area contributed by atoms with Crippen LogP contribution >= 0.6 is 0 Å². The summed E-state index contributed by atoms with van der Waals surface area (Å²) in [4.78, 5) is 16.3. The molecule has 0 atom stereocenters. The number of carbonyl (C=O) groups is 1. The summed E-state index contributed by atoms with van der Waals surface area (Å²) in [6.45, 7) is 0. The van der Waals surface area contributed by atoms with Crippen molar-refractivity contribution in [2.24, 2.45) is 0 Å². The monoisotopic (exact) mass is 390 g/mol. The van der Waals surface area contributed by atoms with Crippen LogP contribution in [0.2, 0.25) is 0 Å². The number of nitrogens with zero attached hydrogens (tertiary/aromatic N) is 1. The van der Waals surface area contributed by atoms with Crippen molar-refractivity contribution >= 4 is 27.4 Å². The minimum atomic E-state index is -3.80. The first-order chi connectivity index (χ1) is 12.9. The second kappa shape index (κ2) is 7.93. The first-order valence-electron chi connectivity index (χ1n) is 8.62. The third-order valence-electron chi connectivity index (χ3n) is 4.44. The Bertz CT molecular complexity index is 923. The van der Waals surface area contributed by atoms with E-state index in [0.717, 1.165) is 25.7 Å². The Kier molecular flexibility index (Phi) is 5.62. The third-order valence-corrected chi connectivity index (χ3v) is 5.98. The maximum atomic E-state index is 12.8. The quantitative estimate of drug-likeness (QED) is 0.694. The molecule has 0 radical (unpaired) electrons. The molecule has 1 aliphatic carbocycles. The van der Waals surface area contributed by atoms with Crippen molar-refractivity contribution < 1.29 is 17.9 Å². The number of pyridine rings is 1. The SMILES string of the molecule is COc1ccc(C(=O)Nc2ccc(N)nc2)cc1S(=O)(=O)NC1CCCC1. The Balaban J connectivity index is 1.85. The van der Waals surface area contributed by atoms with Crippen LogP contribution in [0.3, 0.4) is 0 Å². The van der Waals surface area contributed by atoms with Crippen molar-refractivity contribution in [3.63, 3.8) is 0 Å². The lowest BCUT2D eigenvalue weighted by atomic mass is 10.2. The number of benzene rings is 1. The lowest BCUT2D eigenvalue weighted by molar-refractivity contribution is 0.102. The zero-order chi connectivity index (χ0) is 19.4. The maximum Gasteiger partial charge on any atom is 0.255 e. The molecule has 0 bridgehead atoms. The highest BCUT2D eigenvalue weighted by atomic mass is 32.2. The standard InChI is InChI=1S/C18H22N4O4S/c1-26-15-8-6-12(18(23)21-14-7-9-17(19)20-11-14)10-16(15)27(24,25)22-13-4-2-3-5-13/h6-11,13,22H,2-5H2,1H3,(H2,19,20)(H,21,23). The molecule has 8 nitrogen and oxygen atoms in total. The van der Waals surface area contributed by atoms with Gasteiger partial charge in [0.15, 0.2) is 0 Å². The molecule has 1 fully saturated rings. The molecule has 144 valence electrons. The molecular formula is C18H22N4O4S. The van der Waals surface area contributed by atoms with Crippen LogP contribution in [-0.2, 0) is 10.0 Å². The van der Waals surface area contributed by atoms with Gasteiger partial charge in [0, 0.05) is 11.6 Å². The highest BCUT2D eigenvalue weighted by Crippen LogP contribution is 2.27. The largest absolute Gasteiger partial charge is 0.495 e. The zero-order valence-corrected chi connectivity index (χ0v) is 15.8. The van der Waals surface area contributed by atoms with Crippen molar-refractivity contribution in [1.82, 2.24) is 9.71 Å². The molecule has 1 amide bonds. The highest BCUT2D eigenvalue weighted by molar-refractivity contribution is 7.89. The van der Waals surface area contributed by atoms with Gasteiger partial charge in [-0.15, -0.1) is 0 Å². The summed E-state index contributed by atoms with van der Waals surface area (Å²) >= 11 is 0. The van der Waals surface area contributed by atoms with E-state index in [9.17, 15) is 13.2 Å². The van der Waals surface area contributed by atoms with Crippen molar-refractivity contribution in [1.29, 1.82) is 0 Å². The first kappa shape index (κ1) is 19.1. The number of nitrogens with one attached hydrogen (secondary N) is 2. The van der Waals surface area contributed by atoms with Crippen LogP contribution in [0.5, 0.6) is 5.75 Å². The molecule has 0 unspecified atom stereocenters. The van der Waals surface area contributed by atoms with E-state index in [4.69, 9.17) is 10.5 Å². The summed E-state index contributed by atoms with van der Waals surface area (Å²) in [5.41, 5.74) is 6.17. The summed E-state index contributed by atoms with van der Waals surface area (Å²) in [7, 11) is -2.41. The molecule has 3 rings (SSSR count). The molecule has 27 heavy (non-hydrogen) atoms. The summed E-state index contributed by atoms with van der Waals surface area (Å²) in [6, 6.07) is 7.38. The Morgan fingerprint density at radius 3 is 2.59 bits per heavy atom. The van der Waals surface area contributed by atoms with Crippen molar-refractivity contribution in [3.8, 4) is 5.75 Å². The van der Waals surface area contributed by atoms with Gasteiger partial charge >= 0.3 is 0 Å². The van der Waals surface area contributed by atoms with Gasteiger partial charge in [-0.3, -0.25) is 4.79 Å². The number of amides is 1. The van der Waals surface area contributed by atoms with Crippen molar-refractivity contribution in [2.75, 3.05) is 18.2 Å². The number of nitrogens with two attached hydrogens (primary N) is 1. The predicted molar refractivity (Wildman–Crippen MR) is 102 cm³/mol. The fourth-order valence-electron chi connectivity index (χ4n) is 3.04. The van der Waals surface area contributed by atoms with Crippen LogP contribution in [0.1, 0.15) is 36.0 Å². The zero-order valence-electron chi connectivity index (χ0n) is 14.9. The minimum absolute atomic E-state index is 0.0556. The van der Waals surface area contributed by atoms with E-state index in [0.29, 0.717) is 11.5 Å². The number of hydrogen-bond acceptors (Lipinski definition) is 6. The van der Waals surface area contributed by atoms with Gasteiger partial charge in [0.2, 0.25) is 10.0 Å². The molecule has 1 aromatic heterocycles. The van der Waals surface area contributed by atoms with Gasteiger partial charge in [-0.05, 0) is 43.2 Å². The average Bonchev–Trinajstić information content (AvgIpc) is 3.15. The van der Waals surface area contributed by atoms with Crippen LogP contribution in [0, 0.1) is 0 Å². The molecule has 1 saturated carbocycles. The number of carbonyl (C=O) groups excluding carboxylic acids is 1. The first-order valence-corrected chi connectivity index (χ1v) is 10.1.